The van der Waals surface area contributed by atoms with Crippen LogP contribution < -0.4 is 5.73 Å². The van der Waals surface area contributed by atoms with E-state index in [1.807, 2.05) is 13.0 Å². The molecule has 0 radical (unpaired) electrons. The highest BCUT2D eigenvalue weighted by molar-refractivity contribution is 5.27. The van der Waals surface area contributed by atoms with E-state index < -0.39 is 0 Å². The lowest BCUT2D eigenvalue weighted by atomic mass is 10.1. The van der Waals surface area contributed by atoms with E-state index in [-0.39, 0.29) is 5.82 Å². The second kappa shape index (κ2) is 4.45. The average Bonchev–Trinajstić information content (AvgIpc) is 2.71. The van der Waals surface area contributed by atoms with E-state index in [2.05, 4.69) is 5.10 Å². The fourth-order valence-electron chi connectivity index (χ4n) is 1.65. The molecule has 2 N–H and O–H groups in total. The first-order valence-electron chi connectivity index (χ1n) is 5.16. The summed E-state index contributed by atoms with van der Waals surface area (Å²) in [4.78, 5) is 0. The van der Waals surface area contributed by atoms with Crippen molar-refractivity contribution in [1.82, 2.24) is 9.78 Å². The molecule has 16 heavy (non-hydrogen) atoms. The van der Waals surface area contributed by atoms with Crippen molar-refractivity contribution in [3.8, 4) is 0 Å². The van der Waals surface area contributed by atoms with Gasteiger partial charge in [-0.1, -0.05) is 6.07 Å². The van der Waals surface area contributed by atoms with Gasteiger partial charge in [0.05, 0.1) is 12.2 Å². The normalized spacial score (nSPS) is 10.7. The van der Waals surface area contributed by atoms with Crippen molar-refractivity contribution < 1.29 is 4.39 Å². The summed E-state index contributed by atoms with van der Waals surface area (Å²) in [6, 6.07) is 6.65. The molecule has 0 saturated heterocycles. The molecule has 4 heteroatoms. The summed E-state index contributed by atoms with van der Waals surface area (Å²) in [6.45, 7) is 2.96. The van der Waals surface area contributed by atoms with Crippen LogP contribution in [0, 0.1) is 12.7 Å². The highest BCUT2D eigenvalue weighted by Crippen LogP contribution is 2.12. The number of nitrogens with zero attached hydrogens (tertiary/aromatic N) is 2. The maximum atomic E-state index is 13.1. The van der Waals surface area contributed by atoms with Crippen LogP contribution in [0.3, 0.4) is 0 Å². The Bertz CT molecular complexity index is 491. The Labute approximate surface area is 93.7 Å². The molecule has 0 fully saturated rings. The molecule has 0 aliphatic carbocycles. The van der Waals surface area contributed by atoms with Gasteiger partial charge in [0, 0.05) is 12.7 Å². The van der Waals surface area contributed by atoms with Crippen LogP contribution in [-0.2, 0) is 13.1 Å². The summed E-state index contributed by atoms with van der Waals surface area (Å²) < 4.78 is 14.9. The lowest BCUT2D eigenvalue weighted by Gasteiger charge is -2.08. The number of benzene rings is 1. The van der Waals surface area contributed by atoms with E-state index in [0.717, 1.165) is 16.8 Å². The van der Waals surface area contributed by atoms with Crippen molar-refractivity contribution in [3.05, 3.63) is 53.1 Å². The number of nitrogens with two attached hydrogens (primary N) is 1. The second-order valence-corrected chi connectivity index (χ2v) is 3.76. The molecule has 3 nitrogen and oxygen atoms in total. The third kappa shape index (κ3) is 2.12. The molecule has 2 rings (SSSR count). The molecule has 1 aromatic heterocycles. The average molecular weight is 219 g/mol. The number of hydrogen-bond acceptors (Lipinski definition) is 2. The molecule has 0 atom stereocenters. The number of aryl methyl sites for hydroxylation is 1. The highest BCUT2D eigenvalue weighted by atomic mass is 19.1. The van der Waals surface area contributed by atoms with Gasteiger partial charge in [0.15, 0.2) is 0 Å². The van der Waals surface area contributed by atoms with Crippen molar-refractivity contribution >= 4 is 0 Å². The Morgan fingerprint density at radius 1 is 1.38 bits per heavy atom. The van der Waals surface area contributed by atoms with Crippen molar-refractivity contribution in [2.24, 2.45) is 5.73 Å². The van der Waals surface area contributed by atoms with Gasteiger partial charge in [0.1, 0.15) is 5.82 Å². The topological polar surface area (TPSA) is 43.8 Å². The first kappa shape index (κ1) is 10.8. The Hall–Kier alpha value is -1.68. The molecule has 1 heterocycles. The standard InChI is InChI=1S/C12H14FN3/c1-9-2-3-11(13)6-10(9)8-16-12(7-14)4-5-15-16/h2-6H,7-8,14H2,1H3. The predicted octanol–water partition coefficient (Wildman–Crippen LogP) is 1.84. The molecule has 84 valence electrons. The molecule has 0 spiro atoms. The van der Waals surface area contributed by atoms with Crippen LogP contribution in [0.1, 0.15) is 16.8 Å². The highest BCUT2D eigenvalue weighted by Gasteiger charge is 2.05. The van der Waals surface area contributed by atoms with Crippen molar-refractivity contribution in [3.63, 3.8) is 0 Å². The monoisotopic (exact) mass is 219 g/mol. The van der Waals surface area contributed by atoms with Crippen LogP contribution >= 0.6 is 0 Å². The Balaban J connectivity index is 2.30. The molecular formula is C12H14FN3. The molecule has 0 aliphatic heterocycles. The lowest BCUT2D eigenvalue weighted by molar-refractivity contribution is 0.611. The fourth-order valence-corrected chi connectivity index (χ4v) is 1.65. The van der Waals surface area contributed by atoms with Crippen molar-refractivity contribution in [1.29, 1.82) is 0 Å². The third-order valence-corrected chi connectivity index (χ3v) is 2.64. The maximum absolute atomic E-state index is 13.1. The smallest absolute Gasteiger partial charge is 0.123 e. The van der Waals surface area contributed by atoms with Gasteiger partial charge in [-0.3, -0.25) is 4.68 Å². The molecule has 0 amide bonds. The van der Waals surface area contributed by atoms with E-state index >= 15 is 0 Å². The maximum Gasteiger partial charge on any atom is 0.123 e. The van der Waals surface area contributed by atoms with Gasteiger partial charge in [0.25, 0.3) is 0 Å². The van der Waals surface area contributed by atoms with Crippen molar-refractivity contribution in [2.45, 2.75) is 20.0 Å². The van der Waals surface area contributed by atoms with E-state index in [9.17, 15) is 4.39 Å². The van der Waals surface area contributed by atoms with Crippen molar-refractivity contribution in [2.75, 3.05) is 0 Å². The second-order valence-electron chi connectivity index (χ2n) is 3.76. The fraction of sp³-hybridized carbons (Fsp3) is 0.250. The minimum Gasteiger partial charge on any atom is -0.325 e. The van der Waals surface area contributed by atoms with Crippen LogP contribution in [-0.4, -0.2) is 9.78 Å². The summed E-state index contributed by atoms with van der Waals surface area (Å²) >= 11 is 0. The summed E-state index contributed by atoms with van der Waals surface area (Å²) in [5.74, 6) is -0.220. The molecule has 0 unspecified atom stereocenters. The summed E-state index contributed by atoms with van der Waals surface area (Å²) in [6.07, 6.45) is 1.71. The Morgan fingerprint density at radius 2 is 2.19 bits per heavy atom. The Kier molecular flexibility index (Phi) is 3.01. The first-order chi connectivity index (χ1) is 7.70. The van der Waals surface area contributed by atoms with Crippen LogP contribution in [0.2, 0.25) is 0 Å². The van der Waals surface area contributed by atoms with Gasteiger partial charge < -0.3 is 5.73 Å². The lowest BCUT2D eigenvalue weighted by Crippen LogP contribution is -2.10. The molecular weight excluding hydrogens is 205 g/mol. The molecule has 0 bridgehead atoms. The summed E-state index contributed by atoms with van der Waals surface area (Å²) in [7, 11) is 0. The van der Waals surface area contributed by atoms with E-state index in [4.69, 9.17) is 5.73 Å². The SMILES string of the molecule is Cc1ccc(F)cc1Cn1nccc1CN. The molecule has 1 aromatic carbocycles. The summed E-state index contributed by atoms with van der Waals surface area (Å²) in [5.41, 5.74) is 8.51. The van der Waals surface area contributed by atoms with Crippen LogP contribution in [0.4, 0.5) is 4.39 Å². The first-order valence-corrected chi connectivity index (χ1v) is 5.16. The zero-order valence-corrected chi connectivity index (χ0v) is 9.15. The molecule has 2 aromatic rings. The van der Waals surface area contributed by atoms with E-state index in [0.29, 0.717) is 13.1 Å². The predicted molar refractivity (Wildman–Crippen MR) is 60.4 cm³/mol. The third-order valence-electron chi connectivity index (χ3n) is 2.64. The van der Waals surface area contributed by atoms with Crippen LogP contribution in [0.25, 0.3) is 0 Å². The number of rotatable bonds is 3. The summed E-state index contributed by atoms with van der Waals surface area (Å²) in [5, 5.41) is 4.17. The van der Waals surface area contributed by atoms with Gasteiger partial charge in [-0.2, -0.15) is 5.10 Å². The van der Waals surface area contributed by atoms with E-state index in [1.165, 1.54) is 12.1 Å². The minimum absolute atomic E-state index is 0.220. The van der Waals surface area contributed by atoms with Gasteiger partial charge in [0.2, 0.25) is 0 Å². The minimum atomic E-state index is -0.220. The van der Waals surface area contributed by atoms with E-state index in [1.54, 1.807) is 16.9 Å². The number of hydrogen-bond donors (Lipinski definition) is 1. The van der Waals surface area contributed by atoms with Gasteiger partial charge in [-0.05, 0) is 36.2 Å². The number of halogens is 1. The largest absolute Gasteiger partial charge is 0.325 e. The quantitative estimate of drug-likeness (QED) is 0.856. The van der Waals surface area contributed by atoms with Crippen LogP contribution in [0.15, 0.2) is 30.5 Å². The van der Waals surface area contributed by atoms with Crippen LogP contribution in [0.5, 0.6) is 0 Å². The molecule has 0 saturated carbocycles. The van der Waals surface area contributed by atoms with Gasteiger partial charge in [-0.25, -0.2) is 4.39 Å². The molecule has 0 aliphatic rings. The van der Waals surface area contributed by atoms with Gasteiger partial charge >= 0.3 is 0 Å². The van der Waals surface area contributed by atoms with Gasteiger partial charge in [-0.15, -0.1) is 0 Å². The zero-order valence-electron chi connectivity index (χ0n) is 9.15. The zero-order chi connectivity index (χ0) is 11.5. The number of aromatic nitrogens is 2. The Morgan fingerprint density at radius 3 is 2.94 bits per heavy atom.